The average molecular weight is 446 g/mol. The molecule has 0 saturated carbocycles. The number of fused-ring (bicyclic) bond motifs is 5. The Balaban J connectivity index is 1.78. The van der Waals surface area contributed by atoms with E-state index in [2.05, 4.69) is 0 Å². The van der Waals surface area contributed by atoms with Gasteiger partial charge in [-0.1, -0.05) is 24.3 Å². The minimum Gasteiger partial charge on any atom is -0.507 e. The van der Waals surface area contributed by atoms with E-state index >= 15 is 0 Å². The molecule has 6 nitrogen and oxygen atoms in total. The van der Waals surface area contributed by atoms with Crippen LogP contribution in [0.4, 0.5) is 8.78 Å². The van der Waals surface area contributed by atoms with Gasteiger partial charge < -0.3 is 18.7 Å². The number of hydrogen-bond donors (Lipinski definition) is 1. The summed E-state index contributed by atoms with van der Waals surface area (Å²) in [6.07, 6.45) is 0. The Morgan fingerprint density at radius 2 is 1.33 bits per heavy atom. The number of ether oxygens (including phenoxy) is 1. The lowest BCUT2D eigenvalue weighted by Crippen LogP contribution is -2.25. The Bertz CT molecular complexity index is 1710. The molecule has 2 aromatic heterocycles. The van der Waals surface area contributed by atoms with Crippen molar-refractivity contribution >= 4 is 21.9 Å². The molecule has 1 atom stereocenters. The second-order valence-electron chi connectivity index (χ2n) is 7.62. The number of benzene rings is 3. The number of rotatable bonds is 1. The van der Waals surface area contributed by atoms with Crippen LogP contribution in [0.5, 0.6) is 17.2 Å². The molecule has 0 bridgehead atoms. The van der Waals surface area contributed by atoms with Crippen molar-refractivity contribution in [2.45, 2.75) is 5.92 Å². The van der Waals surface area contributed by atoms with Crippen molar-refractivity contribution < 1.29 is 27.5 Å². The van der Waals surface area contributed by atoms with Gasteiger partial charge in [0.2, 0.25) is 0 Å². The number of hydrogen-bond acceptors (Lipinski definition) is 6. The molecule has 3 aromatic carbocycles. The van der Waals surface area contributed by atoms with E-state index in [0.717, 1.165) is 12.1 Å². The molecule has 6 rings (SSSR count). The van der Waals surface area contributed by atoms with Crippen molar-refractivity contribution in [2.24, 2.45) is 0 Å². The maximum atomic E-state index is 14.3. The zero-order valence-corrected chi connectivity index (χ0v) is 16.6. The molecule has 0 fully saturated rings. The van der Waals surface area contributed by atoms with E-state index in [4.69, 9.17) is 13.6 Å². The first-order chi connectivity index (χ1) is 15.9. The van der Waals surface area contributed by atoms with Crippen LogP contribution in [0, 0.1) is 11.6 Å². The molecular formula is C25H12F2O6. The van der Waals surface area contributed by atoms with E-state index < -0.39 is 34.6 Å². The van der Waals surface area contributed by atoms with Crippen LogP contribution in [-0.2, 0) is 0 Å². The normalized spacial score (nSPS) is 14.7. The second kappa shape index (κ2) is 6.77. The van der Waals surface area contributed by atoms with Gasteiger partial charge in [0.25, 0.3) is 0 Å². The Morgan fingerprint density at radius 3 is 2.06 bits per heavy atom. The molecule has 0 saturated heterocycles. The van der Waals surface area contributed by atoms with Crippen molar-refractivity contribution in [1.82, 2.24) is 0 Å². The summed E-state index contributed by atoms with van der Waals surface area (Å²) in [5.41, 5.74) is -1.92. The molecule has 0 spiro atoms. The molecule has 8 heteroatoms. The van der Waals surface area contributed by atoms with Crippen molar-refractivity contribution in [1.29, 1.82) is 0 Å². The summed E-state index contributed by atoms with van der Waals surface area (Å²) >= 11 is 0. The summed E-state index contributed by atoms with van der Waals surface area (Å²) in [4.78, 5) is 26.1. The maximum absolute atomic E-state index is 14.3. The van der Waals surface area contributed by atoms with E-state index in [1.165, 1.54) is 12.1 Å². The van der Waals surface area contributed by atoms with Gasteiger partial charge in [0.05, 0.1) is 27.8 Å². The molecule has 1 aliphatic heterocycles. The lowest BCUT2D eigenvalue weighted by atomic mass is 9.82. The standard InChI is InChI=1S/C25H12F2O6/c26-14-9-13-18(10-15(14)27)31-23-12-6-2-4-8-17(12)33-25(30)21(23)19(13)20-22(28)11-5-1-3-7-16(11)32-24(20)29/h1-10,19,28H. The highest BCUT2D eigenvalue weighted by Crippen LogP contribution is 2.50. The smallest absolute Gasteiger partial charge is 0.344 e. The Kier molecular flexibility index (Phi) is 3.95. The van der Waals surface area contributed by atoms with E-state index in [9.17, 15) is 23.5 Å². The van der Waals surface area contributed by atoms with Gasteiger partial charge >= 0.3 is 11.3 Å². The second-order valence-corrected chi connectivity index (χ2v) is 7.62. The van der Waals surface area contributed by atoms with Gasteiger partial charge in [0.1, 0.15) is 28.4 Å². The van der Waals surface area contributed by atoms with Crippen LogP contribution in [0.1, 0.15) is 22.6 Å². The van der Waals surface area contributed by atoms with Gasteiger partial charge in [-0.2, -0.15) is 0 Å². The highest BCUT2D eigenvalue weighted by atomic mass is 19.2. The molecule has 0 aliphatic carbocycles. The molecule has 1 unspecified atom stereocenters. The van der Waals surface area contributed by atoms with Crippen LogP contribution in [0.3, 0.4) is 0 Å². The van der Waals surface area contributed by atoms with Gasteiger partial charge in [-0.25, -0.2) is 18.4 Å². The molecule has 5 aromatic rings. The zero-order valence-electron chi connectivity index (χ0n) is 16.6. The van der Waals surface area contributed by atoms with Crippen LogP contribution in [0.25, 0.3) is 21.9 Å². The average Bonchev–Trinajstić information content (AvgIpc) is 2.80. The van der Waals surface area contributed by atoms with E-state index in [0.29, 0.717) is 5.39 Å². The van der Waals surface area contributed by atoms with Crippen LogP contribution in [0.2, 0.25) is 0 Å². The molecule has 1 aliphatic rings. The molecule has 1 N–H and O–H groups in total. The summed E-state index contributed by atoms with van der Waals surface area (Å²) in [6.45, 7) is 0. The van der Waals surface area contributed by atoms with Gasteiger partial charge in [0.15, 0.2) is 11.6 Å². The maximum Gasteiger partial charge on any atom is 0.344 e. The topological polar surface area (TPSA) is 89.9 Å². The highest BCUT2D eigenvalue weighted by Gasteiger charge is 2.38. The summed E-state index contributed by atoms with van der Waals surface area (Å²) in [7, 11) is 0. The van der Waals surface area contributed by atoms with Crippen LogP contribution in [0.15, 0.2) is 79.1 Å². The molecule has 0 radical (unpaired) electrons. The van der Waals surface area contributed by atoms with Gasteiger partial charge in [-0.05, 0) is 30.3 Å². The first-order valence-corrected chi connectivity index (χ1v) is 9.91. The largest absolute Gasteiger partial charge is 0.507 e. The highest BCUT2D eigenvalue weighted by molar-refractivity contribution is 5.88. The first kappa shape index (κ1) is 19.2. The third kappa shape index (κ3) is 2.70. The van der Waals surface area contributed by atoms with Crippen molar-refractivity contribution in [3.8, 4) is 17.2 Å². The number of aromatic hydroxyl groups is 1. The third-order valence-corrected chi connectivity index (χ3v) is 5.77. The van der Waals surface area contributed by atoms with Crippen LogP contribution >= 0.6 is 0 Å². The fourth-order valence-corrected chi connectivity index (χ4v) is 4.32. The van der Waals surface area contributed by atoms with E-state index in [1.807, 2.05) is 0 Å². The zero-order chi connectivity index (χ0) is 22.9. The van der Waals surface area contributed by atoms with Crippen molar-refractivity contribution in [3.63, 3.8) is 0 Å². The fraction of sp³-hybridized carbons (Fsp3) is 0.0400. The van der Waals surface area contributed by atoms with Crippen molar-refractivity contribution in [3.05, 3.63) is 110 Å². The molecule has 162 valence electrons. The van der Waals surface area contributed by atoms with E-state index in [1.54, 1.807) is 36.4 Å². The summed E-state index contributed by atoms with van der Waals surface area (Å²) < 4.78 is 45.0. The van der Waals surface area contributed by atoms with Crippen LogP contribution < -0.4 is 16.0 Å². The van der Waals surface area contributed by atoms with Gasteiger partial charge in [-0.15, -0.1) is 0 Å². The van der Waals surface area contributed by atoms with Crippen LogP contribution in [-0.4, -0.2) is 5.11 Å². The molecule has 0 amide bonds. The predicted octanol–water partition coefficient (Wildman–Crippen LogP) is 5.17. The monoisotopic (exact) mass is 446 g/mol. The molecular weight excluding hydrogens is 434 g/mol. The summed E-state index contributed by atoms with van der Waals surface area (Å²) in [5.74, 6) is -4.23. The Labute approximate surface area is 182 Å². The molecule has 33 heavy (non-hydrogen) atoms. The van der Waals surface area contributed by atoms with E-state index in [-0.39, 0.29) is 44.7 Å². The molecule has 3 heterocycles. The third-order valence-electron chi connectivity index (χ3n) is 5.77. The minimum absolute atomic E-state index is 0.0253. The number of halogens is 2. The quantitative estimate of drug-likeness (QED) is 0.351. The first-order valence-electron chi connectivity index (χ1n) is 9.91. The Morgan fingerprint density at radius 1 is 0.758 bits per heavy atom. The Hall–Kier alpha value is -4.46. The summed E-state index contributed by atoms with van der Waals surface area (Å²) in [6, 6.07) is 14.5. The minimum atomic E-state index is -1.33. The number of para-hydroxylation sites is 2. The van der Waals surface area contributed by atoms with Gasteiger partial charge in [0, 0.05) is 11.6 Å². The van der Waals surface area contributed by atoms with Gasteiger partial charge in [-0.3, -0.25) is 0 Å². The summed E-state index contributed by atoms with van der Waals surface area (Å²) in [5, 5.41) is 11.7. The SMILES string of the molecule is O=c1oc2ccccc2c(O)c1C1c2cc(F)c(F)cc2Oc2c1c(=O)oc1ccccc21. The fourth-order valence-electron chi connectivity index (χ4n) is 4.32. The lowest BCUT2D eigenvalue weighted by molar-refractivity contribution is 0.416. The van der Waals surface area contributed by atoms with Crippen molar-refractivity contribution in [2.75, 3.05) is 0 Å². The lowest BCUT2D eigenvalue weighted by Gasteiger charge is -2.28. The predicted molar refractivity (Wildman–Crippen MR) is 114 cm³/mol.